The summed E-state index contributed by atoms with van der Waals surface area (Å²) in [5, 5.41) is 40.9. The lowest BCUT2D eigenvalue weighted by molar-refractivity contribution is -0.140. The van der Waals surface area contributed by atoms with Gasteiger partial charge in [-0.05, 0) is 59.2 Å². The maximum Gasteiger partial charge on any atom is 0.491 e. The first kappa shape index (κ1) is 37.8. The molecule has 6 N–H and O–H groups in total. The molecule has 3 atom stereocenters. The number of carbonyl (C=O) groups excluding carboxylic acids is 3. The number of alkyl halides is 6. The molecule has 0 saturated carbocycles. The number of aliphatic carboxylic acids is 2. The highest BCUT2D eigenvalue weighted by Crippen LogP contribution is 2.36. The zero-order valence-electron chi connectivity index (χ0n) is 25.8. The van der Waals surface area contributed by atoms with Crippen LogP contribution in [0.3, 0.4) is 0 Å². The highest BCUT2D eigenvalue weighted by atomic mass is 28.2. The van der Waals surface area contributed by atoms with Crippen LogP contribution in [0.15, 0.2) is 24.3 Å². The van der Waals surface area contributed by atoms with Crippen molar-refractivity contribution < 1.29 is 79.9 Å². The Kier molecular flexibility index (Phi) is 10.6. The third kappa shape index (κ3) is 8.06. The smallest absolute Gasteiger partial charge is 0.481 e. The molecule has 0 spiro atoms. The van der Waals surface area contributed by atoms with Gasteiger partial charge in [-0.1, -0.05) is 0 Å². The number of amides is 3. The van der Waals surface area contributed by atoms with Gasteiger partial charge in [-0.25, -0.2) is 0 Å². The maximum absolute atomic E-state index is 14.0. The highest BCUT2D eigenvalue weighted by molar-refractivity contribution is 6.62. The minimum atomic E-state index is -5.00. The van der Waals surface area contributed by atoms with Crippen LogP contribution in [0.25, 0.3) is 0 Å². The SMILES string of the molecule is O=C(O)CC[C@H]([Si]NC(=O)[C@@H]1CC(NC(=O)c2cc3c(c(C(F)(F)F)c2)COB3O)CN1C(=O)c1cc2c(c(C(F)(F)F)c1)COB2O)C(=O)O. The van der Waals surface area contributed by atoms with Crippen molar-refractivity contribution in [2.24, 2.45) is 0 Å². The Morgan fingerprint density at radius 2 is 1.41 bits per heavy atom. The number of fused-ring (bicyclic) bond motifs is 2. The van der Waals surface area contributed by atoms with Gasteiger partial charge in [0.2, 0.25) is 5.91 Å². The zero-order valence-corrected chi connectivity index (χ0v) is 26.8. The first-order valence-corrected chi connectivity index (χ1v) is 16.0. The minimum absolute atomic E-state index is 0.310. The van der Waals surface area contributed by atoms with Gasteiger partial charge in [0.15, 0.2) is 9.68 Å². The standard InChI is InChI=1S/C28H25B2F6N3O11Si/c31-27(32,33)16-3-11(5-18-14(16)9-49-29(18)47)23(42)37-13-7-20(24(43)38-51-21(26(45)46)1-2-22(40)41)39(8-13)25(44)12-4-17(28(34,35)36)15-10-50-30(48)19(15)6-12/h3-6,13,20-21,47-48H,1-2,7-10H2,(H,37,42)(H,38,43)(H,40,41)(H,45,46)/t13?,20-,21-/m0/s1. The molecular weight excluding hydrogens is 718 g/mol. The summed E-state index contributed by atoms with van der Waals surface area (Å²) in [5.74, 6) is -6.07. The van der Waals surface area contributed by atoms with Crippen LogP contribution in [0.5, 0.6) is 0 Å². The van der Waals surface area contributed by atoms with Crippen molar-refractivity contribution in [1.29, 1.82) is 0 Å². The molecule has 1 fully saturated rings. The van der Waals surface area contributed by atoms with Gasteiger partial charge >= 0.3 is 38.5 Å². The lowest BCUT2D eigenvalue weighted by Gasteiger charge is -2.25. The summed E-state index contributed by atoms with van der Waals surface area (Å²) in [6, 6.07) is 0.162. The Balaban J connectivity index is 1.44. The van der Waals surface area contributed by atoms with E-state index in [0.29, 0.717) is 12.1 Å². The van der Waals surface area contributed by atoms with Crippen molar-refractivity contribution in [3.63, 3.8) is 0 Å². The van der Waals surface area contributed by atoms with Gasteiger partial charge < -0.3 is 44.8 Å². The summed E-state index contributed by atoms with van der Waals surface area (Å²) in [5.41, 5.74) is -6.57. The second kappa shape index (κ2) is 14.3. The fourth-order valence-electron chi connectivity index (χ4n) is 6.03. The third-order valence-electron chi connectivity index (χ3n) is 8.51. The summed E-state index contributed by atoms with van der Waals surface area (Å²) in [4.78, 5) is 66.2. The van der Waals surface area contributed by atoms with Crippen molar-refractivity contribution in [2.45, 2.75) is 62.5 Å². The molecule has 3 amide bonds. The fraction of sp³-hybridized carbons (Fsp3) is 0.393. The van der Waals surface area contributed by atoms with Crippen LogP contribution in [0.4, 0.5) is 26.3 Å². The lowest BCUT2D eigenvalue weighted by Crippen LogP contribution is -2.48. The van der Waals surface area contributed by atoms with Crippen molar-refractivity contribution in [3.8, 4) is 0 Å². The van der Waals surface area contributed by atoms with Gasteiger partial charge in [0, 0.05) is 30.1 Å². The summed E-state index contributed by atoms with van der Waals surface area (Å²) in [6.07, 6.45) is -11.3. The van der Waals surface area contributed by atoms with E-state index >= 15 is 0 Å². The van der Waals surface area contributed by atoms with Crippen LogP contribution in [0.1, 0.15) is 62.2 Å². The van der Waals surface area contributed by atoms with Crippen molar-refractivity contribution in [3.05, 3.63) is 57.6 Å². The van der Waals surface area contributed by atoms with Gasteiger partial charge in [-0.3, -0.25) is 24.0 Å². The molecule has 3 heterocycles. The van der Waals surface area contributed by atoms with E-state index in [1.54, 1.807) is 0 Å². The third-order valence-corrected chi connectivity index (χ3v) is 9.78. The summed E-state index contributed by atoms with van der Waals surface area (Å²) in [6.45, 7) is -1.75. The largest absolute Gasteiger partial charge is 0.491 e. The number of benzene rings is 2. The van der Waals surface area contributed by atoms with Gasteiger partial charge in [0.05, 0.1) is 29.9 Å². The summed E-state index contributed by atoms with van der Waals surface area (Å²) >= 11 is 0. The quantitative estimate of drug-likeness (QED) is 0.137. The van der Waals surface area contributed by atoms with Gasteiger partial charge in [-0.15, -0.1) is 0 Å². The maximum atomic E-state index is 14.0. The second-order valence-corrected chi connectivity index (χ2v) is 13.1. The molecule has 14 nitrogen and oxygen atoms in total. The molecule has 51 heavy (non-hydrogen) atoms. The molecule has 23 heteroatoms. The van der Waals surface area contributed by atoms with E-state index in [0.717, 1.165) is 17.0 Å². The van der Waals surface area contributed by atoms with Crippen molar-refractivity contribution >= 4 is 64.5 Å². The predicted octanol–water partition coefficient (Wildman–Crippen LogP) is -0.354. The van der Waals surface area contributed by atoms with Crippen LogP contribution < -0.4 is 21.2 Å². The van der Waals surface area contributed by atoms with E-state index in [4.69, 9.17) is 14.4 Å². The van der Waals surface area contributed by atoms with Crippen LogP contribution in [0, 0.1) is 0 Å². The Morgan fingerprint density at radius 1 is 0.882 bits per heavy atom. The Hall–Kier alpha value is -4.44. The number of hydrogen-bond donors (Lipinski definition) is 6. The van der Waals surface area contributed by atoms with E-state index in [1.807, 2.05) is 0 Å². The first-order valence-electron chi connectivity index (χ1n) is 15.0. The molecule has 2 radical (unpaired) electrons. The Labute approximate surface area is 286 Å². The molecule has 3 aliphatic rings. The van der Waals surface area contributed by atoms with Crippen LogP contribution in [0.2, 0.25) is 5.54 Å². The molecule has 0 bridgehead atoms. The first-order chi connectivity index (χ1) is 23.8. The van der Waals surface area contributed by atoms with Crippen LogP contribution in [-0.4, -0.2) is 97.4 Å². The molecule has 1 unspecified atom stereocenters. The van der Waals surface area contributed by atoms with Crippen LogP contribution >= 0.6 is 0 Å². The zero-order chi connectivity index (χ0) is 37.6. The number of carbonyl (C=O) groups is 5. The molecule has 0 aromatic heterocycles. The number of halogens is 6. The van der Waals surface area contributed by atoms with Gasteiger partial charge in [0.1, 0.15) is 6.04 Å². The lowest BCUT2D eigenvalue weighted by atomic mass is 9.77. The second-order valence-electron chi connectivity index (χ2n) is 11.8. The molecule has 2 aromatic carbocycles. The molecule has 5 rings (SSSR count). The number of likely N-dealkylation sites (tertiary alicyclic amines) is 1. The molecule has 2 aromatic rings. The average Bonchev–Trinajstić information content (AvgIpc) is 3.75. The number of nitrogens with one attached hydrogen (secondary N) is 2. The van der Waals surface area contributed by atoms with Crippen molar-refractivity contribution in [1.82, 2.24) is 15.2 Å². The van der Waals surface area contributed by atoms with E-state index in [1.165, 1.54) is 0 Å². The van der Waals surface area contributed by atoms with Gasteiger partial charge in [0.25, 0.3) is 11.8 Å². The number of nitrogens with zero attached hydrogens (tertiary/aromatic N) is 1. The van der Waals surface area contributed by atoms with Crippen molar-refractivity contribution in [2.75, 3.05) is 6.54 Å². The normalized spacial score (nSPS) is 19.1. The highest BCUT2D eigenvalue weighted by Gasteiger charge is 2.45. The molecular formula is C28H25B2F6N3O11Si. The fourth-order valence-corrected chi connectivity index (χ4v) is 6.93. The monoisotopic (exact) mass is 743 g/mol. The average molecular weight is 743 g/mol. The number of hydrogen-bond acceptors (Lipinski definition) is 9. The van der Waals surface area contributed by atoms with E-state index in [9.17, 15) is 65.5 Å². The van der Waals surface area contributed by atoms with E-state index in [-0.39, 0.29) is 22.9 Å². The number of carboxylic acid groups (broad SMARTS) is 2. The number of carboxylic acids is 2. The molecule has 1 saturated heterocycles. The van der Waals surface area contributed by atoms with E-state index in [2.05, 4.69) is 10.3 Å². The minimum Gasteiger partial charge on any atom is -0.481 e. The van der Waals surface area contributed by atoms with E-state index < -0.39 is 144 Å². The Bertz CT molecular complexity index is 1780. The topological polar surface area (TPSA) is 212 Å². The molecule has 3 aliphatic heterocycles. The summed E-state index contributed by atoms with van der Waals surface area (Å²) in [7, 11) is -4.49. The number of rotatable bonds is 10. The Morgan fingerprint density at radius 3 is 1.92 bits per heavy atom. The molecule has 0 aliphatic carbocycles. The predicted molar refractivity (Wildman–Crippen MR) is 161 cm³/mol. The summed E-state index contributed by atoms with van der Waals surface area (Å²) < 4.78 is 93.1. The van der Waals surface area contributed by atoms with Gasteiger partial charge in [-0.2, -0.15) is 26.3 Å². The molecule has 270 valence electrons. The van der Waals surface area contributed by atoms with Crippen LogP contribution in [-0.2, 0) is 49.3 Å².